The van der Waals surface area contributed by atoms with E-state index in [1.165, 1.54) is 0 Å². The summed E-state index contributed by atoms with van der Waals surface area (Å²) in [5.74, 6) is 1.99. The maximum Gasteiger partial charge on any atom is 0.153 e. The Hall–Kier alpha value is -2.43. The summed E-state index contributed by atoms with van der Waals surface area (Å²) in [6.07, 6.45) is 0. The number of methoxy groups -OCH3 is 1. The molecule has 3 rings (SSSR count). The van der Waals surface area contributed by atoms with Gasteiger partial charge in [0.1, 0.15) is 22.8 Å². The lowest BCUT2D eigenvalue weighted by atomic mass is 10.2. The number of nitrogens with two attached hydrogens (primary N) is 1. The Bertz CT molecular complexity index is 712. The second-order valence-corrected chi connectivity index (χ2v) is 4.09. The molecule has 0 spiro atoms. The molecule has 2 heterocycles. The maximum atomic E-state index is 5.79. The van der Waals surface area contributed by atoms with Gasteiger partial charge in [-0.3, -0.25) is 4.68 Å². The van der Waals surface area contributed by atoms with Gasteiger partial charge in [-0.1, -0.05) is 0 Å². The summed E-state index contributed by atoms with van der Waals surface area (Å²) in [5, 5.41) is 5.12. The highest BCUT2D eigenvalue weighted by Gasteiger charge is 2.11. The van der Waals surface area contributed by atoms with Crippen LogP contribution in [0.3, 0.4) is 0 Å². The summed E-state index contributed by atoms with van der Waals surface area (Å²) in [5.41, 5.74) is 7.29. The van der Waals surface area contributed by atoms with Crippen molar-refractivity contribution in [1.82, 2.24) is 9.78 Å². The highest BCUT2D eigenvalue weighted by atomic mass is 16.5. The number of aromatic nitrogens is 2. The predicted molar refractivity (Wildman–Crippen MR) is 69.4 cm³/mol. The van der Waals surface area contributed by atoms with Crippen LogP contribution in [0.25, 0.3) is 22.4 Å². The Morgan fingerprint density at radius 2 is 2.11 bits per heavy atom. The monoisotopic (exact) mass is 243 g/mol. The molecule has 1 aromatic carbocycles. The van der Waals surface area contributed by atoms with Gasteiger partial charge in [0.25, 0.3) is 0 Å². The van der Waals surface area contributed by atoms with Crippen LogP contribution in [-0.4, -0.2) is 16.9 Å². The van der Waals surface area contributed by atoms with Gasteiger partial charge >= 0.3 is 0 Å². The molecule has 18 heavy (non-hydrogen) atoms. The topological polar surface area (TPSA) is 66.2 Å². The molecular weight excluding hydrogens is 230 g/mol. The number of nitrogens with zero attached hydrogens (tertiary/aromatic N) is 2. The lowest BCUT2D eigenvalue weighted by molar-refractivity contribution is 0.414. The van der Waals surface area contributed by atoms with Crippen molar-refractivity contribution in [3.8, 4) is 17.2 Å². The van der Waals surface area contributed by atoms with Crippen LogP contribution in [0.15, 0.2) is 34.7 Å². The first-order valence-electron chi connectivity index (χ1n) is 5.55. The van der Waals surface area contributed by atoms with Crippen LogP contribution in [0.1, 0.15) is 0 Å². The molecule has 0 amide bonds. The Morgan fingerprint density at radius 1 is 1.28 bits per heavy atom. The number of furan rings is 1. The van der Waals surface area contributed by atoms with Gasteiger partial charge in [-0.15, -0.1) is 0 Å². The number of benzene rings is 1. The lowest BCUT2D eigenvalue weighted by Gasteiger charge is -1.97. The quantitative estimate of drug-likeness (QED) is 0.750. The van der Waals surface area contributed by atoms with Crippen LogP contribution >= 0.6 is 0 Å². The molecule has 2 N–H and O–H groups in total. The van der Waals surface area contributed by atoms with E-state index in [0.717, 1.165) is 28.2 Å². The molecule has 0 radical (unpaired) electrons. The Morgan fingerprint density at radius 3 is 2.78 bits per heavy atom. The van der Waals surface area contributed by atoms with Crippen molar-refractivity contribution >= 4 is 16.8 Å². The van der Waals surface area contributed by atoms with Crippen LogP contribution in [-0.2, 0) is 7.05 Å². The molecule has 0 aliphatic heterocycles. The van der Waals surface area contributed by atoms with Gasteiger partial charge in [-0.05, 0) is 18.2 Å². The fourth-order valence-electron chi connectivity index (χ4n) is 1.98. The number of hydrogen-bond donors (Lipinski definition) is 1. The normalized spacial score (nSPS) is 11.0. The van der Waals surface area contributed by atoms with E-state index in [9.17, 15) is 0 Å². The van der Waals surface area contributed by atoms with Crippen LogP contribution in [0.2, 0.25) is 0 Å². The predicted octanol–water partition coefficient (Wildman–Crippen LogP) is 2.42. The highest BCUT2D eigenvalue weighted by Crippen LogP contribution is 2.30. The number of fused-ring (bicyclic) bond motifs is 1. The van der Waals surface area contributed by atoms with Gasteiger partial charge in [0.2, 0.25) is 0 Å². The molecule has 3 aromatic rings. The lowest BCUT2D eigenvalue weighted by Crippen LogP contribution is -1.93. The van der Waals surface area contributed by atoms with E-state index in [0.29, 0.717) is 5.82 Å². The Labute approximate surface area is 104 Å². The van der Waals surface area contributed by atoms with Crippen molar-refractivity contribution in [2.24, 2.45) is 7.05 Å². The molecule has 0 fully saturated rings. The second-order valence-electron chi connectivity index (χ2n) is 4.09. The molecule has 5 heteroatoms. The minimum Gasteiger partial charge on any atom is -0.497 e. The van der Waals surface area contributed by atoms with Crippen molar-refractivity contribution < 1.29 is 9.15 Å². The van der Waals surface area contributed by atoms with Crippen molar-refractivity contribution in [1.29, 1.82) is 0 Å². The molecule has 0 aliphatic carbocycles. The highest BCUT2D eigenvalue weighted by molar-refractivity contribution is 5.83. The van der Waals surface area contributed by atoms with Crippen molar-refractivity contribution in [3.63, 3.8) is 0 Å². The zero-order valence-electron chi connectivity index (χ0n) is 10.2. The average molecular weight is 243 g/mol. The third-order valence-corrected chi connectivity index (χ3v) is 2.88. The number of hydrogen-bond acceptors (Lipinski definition) is 4. The van der Waals surface area contributed by atoms with Crippen LogP contribution in [0.5, 0.6) is 5.75 Å². The molecular formula is C13H13N3O2. The fourth-order valence-corrected chi connectivity index (χ4v) is 1.98. The van der Waals surface area contributed by atoms with E-state index in [-0.39, 0.29) is 0 Å². The SMILES string of the molecule is COc1ccc2cc(-c3cc(N)nn3C)oc2c1. The van der Waals surface area contributed by atoms with Gasteiger partial charge in [0, 0.05) is 24.6 Å². The fraction of sp³-hybridized carbons (Fsp3) is 0.154. The number of ether oxygens (including phenoxy) is 1. The number of anilines is 1. The minimum atomic E-state index is 0.477. The smallest absolute Gasteiger partial charge is 0.153 e. The van der Waals surface area contributed by atoms with E-state index in [1.807, 2.05) is 31.3 Å². The van der Waals surface area contributed by atoms with E-state index >= 15 is 0 Å². The van der Waals surface area contributed by atoms with Gasteiger partial charge in [-0.25, -0.2) is 0 Å². The standard InChI is InChI=1S/C13H13N3O2/c1-16-10(7-13(14)15-16)12-5-8-3-4-9(17-2)6-11(8)18-12/h3-7H,1-2H3,(H2,14,15). The number of aryl methyl sites for hydroxylation is 1. The first kappa shape index (κ1) is 10.7. The zero-order chi connectivity index (χ0) is 12.7. The molecule has 5 nitrogen and oxygen atoms in total. The zero-order valence-corrected chi connectivity index (χ0v) is 10.2. The van der Waals surface area contributed by atoms with E-state index < -0.39 is 0 Å². The molecule has 0 saturated heterocycles. The van der Waals surface area contributed by atoms with Crippen molar-refractivity contribution in [3.05, 3.63) is 30.3 Å². The van der Waals surface area contributed by atoms with Crippen LogP contribution < -0.4 is 10.5 Å². The molecule has 0 saturated carbocycles. The molecule has 92 valence electrons. The molecule has 0 unspecified atom stereocenters. The van der Waals surface area contributed by atoms with Gasteiger partial charge in [0.15, 0.2) is 5.76 Å². The third-order valence-electron chi connectivity index (χ3n) is 2.88. The third kappa shape index (κ3) is 1.60. The summed E-state index contributed by atoms with van der Waals surface area (Å²) in [6, 6.07) is 9.47. The van der Waals surface area contributed by atoms with E-state index in [4.69, 9.17) is 14.9 Å². The summed E-state index contributed by atoms with van der Waals surface area (Å²) in [7, 11) is 3.46. The Kier molecular flexibility index (Phi) is 2.26. The summed E-state index contributed by atoms with van der Waals surface area (Å²) < 4.78 is 12.7. The first-order valence-corrected chi connectivity index (χ1v) is 5.55. The summed E-state index contributed by atoms with van der Waals surface area (Å²) in [6.45, 7) is 0. The molecule has 2 aromatic heterocycles. The number of rotatable bonds is 2. The Balaban J connectivity index is 2.16. The van der Waals surface area contributed by atoms with Crippen LogP contribution in [0.4, 0.5) is 5.82 Å². The van der Waals surface area contributed by atoms with Crippen molar-refractivity contribution in [2.45, 2.75) is 0 Å². The second kappa shape index (κ2) is 3.80. The van der Waals surface area contributed by atoms with Gasteiger partial charge in [0.05, 0.1) is 7.11 Å². The maximum absolute atomic E-state index is 5.79. The van der Waals surface area contributed by atoms with E-state index in [2.05, 4.69) is 5.10 Å². The summed E-state index contributed by atoms with van der Waals surface area (Å²) in [4.78, 5) is 0. The van der Waals surface area contributed by atoms with Gasteiger partial charge < -0.3 is 14.9 Å². The molecule has 0 bridgehead atoms. The van der Waals surface area contributed by atoms with Crippen molar-refractivity contribution in [2.75, 3.05) is 12.8 Å². The first-order chi connectivity index (χ1) is 8.67. The number of nitrogen functional groups attached to an aromatic ring is 1. The van der Waals surface area contributed by atoms with Crippen LogP contribution in [0, 0.1) is 0 Å². The largest absolute Gasteiger partial charge is 0.497 e. The molecule has 0 aliphatic rings. The molecule has 0 atom stereocenters. The summed E-state index contributed by atoms with van der Waals surface area (Å²) >= 11 is 0. The van der Waals surface area contributed by atoms with E-state index in [1.54, 1.807) is 17.9 Å². The minimum absolute atomic E-state index is 0.477. The van der Waals surface area contributed by atoms with Gasteiger partial charge in [-0.2, -0.15) is 5.10 Å². The average Bonchev–Trinajstić information content (AvgIpc) is 2.90.